The monoisotopic (exact) mass is 263 g/mol. The van der Waals surface area contributed by atoms with Crippen LogP contribution in [0.5, 0.6) is 0 Å². The molecular weight excluding hydrogens is 242 g/mol. The van der Waals surface area contributed by atoms with Crippen LogP contribution in [0.2, 0.25) is 0 Å². The van der Waals surface area contributed by atoms with Crippen molar-refractivity contribution in [1.82, 2.24) is 4.90 Å². The number of rotatable bonds is 4. The fourth-order valence-corrected chi connectivity index (χ4v) is 2.37. The number of likely N-dealkylation sites (tertiary alicyclic amines) is 1. The summed E-state index contributed by atoms with van der Waals surface area (Å²) in [7, 11) is 0. The zero-order valence-electron chi connectivity index (χ0n) is 11.0. The normalized spacial score (nSPS) is 24.1. The van der Waals surface area contributed by atoms with E-state index in [1.807, 2.05) is 35.2 Å². The Balaban J connectivity index is 1.75. The molecule has 2 rings (SSSR count). The third-order valence-electron chi connectivity index (χ3n) is 3.19. The van der Waals surface area contributed by atoms with E-state index < -0.39 is 0 Å². The van der Waals surface area contributed by atoms with Gasteiger partial charge in [-0.3, -0.25) is 9.69 Å². The maximum Gasteiger partial charge on any atom is 0.320 e. The number of esters is 1. The van der Waals surface area contributed by atoms with Crippen molar-refractivity contribution in [3.63, 3.8) is 0 Å². The maximum absolute atomic E-state index is 11.8. The van der Waals surface area contributed by atoms with Crippen LogP contribution in [0.3, 0.4) is 0 Å². The topological polar surface area (TPSA) is 81.6 Å². The molecule has 1 aromatic carbocycles. The maximum atomic E-state index is 11.8. The lowest BCUT2D eigenvalue weighted by Crippen LogP contribution is -2.53. The molecular formula is C14H21N3O2. The summed E-state index contributed by atoms with van der Waals surface area (Å²) in [4.78, 5) is 13.7. The van der Waals surface area contributed by atoms with Crippen LogP contribution in [0.15, 0.2) is 30.3 Å². The zero-order valence-corrected chi connectivity index (χ0v) is 11.0. The van der Waals surface area contributed by atoms with Crippen molar-refractivity contribution in [3.8, 4) is 0 Å². The van der Waals surface area contributed by atoms with Gasteiger partial charge in [-0.15, -0.1) is 0 Å². The number of nitrogens with zero attached hydrogens (tertiary/aromatic N) is 1. The summed E-state index contributed by atoms with van der Waals surface area (Å²) in [5, 5.41) is 0. The first-order chi connectivity index (χ1) is 9.13. The highest BCUT2D eigenvalue weighted by Gasteiger charge is 2.24. The fourth-order valence-electron chi connectivity index (χ4n) is 2.37. The van der Waals surface area contributed by atoms with Crippen LogP contribution in [0.25, 0.3) is 0 Å². The summed E-state index contributed by atoms with van der Waals surface area (Å²) in [5.41, 5.74) is 12.8. The smallest absolute Gasteiger partial charge is 0.320 e. The summed E-state index contributed by atoms with van der Waals surface area (Å²) < 4.78 is 5.24. The molecule has 1 aliphatic heterocycles. The van der Waals surface area contributed by atoms with Gasteiger partial charge in [-0.05, 0) is 12.0 Å². The van der Waals surface area contributed by atoms with Crippen molar-refractivity contribution in [1.29, 1.82) is 0 Å². The van der Waals surface area contributed by atoms with Gasteiger partial charge in [0.1, 0.15) is 6.61 Å². The minimum absolute atomic E-state index is 0.0469. The zero-order chi connectivity index (χ0) is 13.7. The van der Waals surface area contributed by atoms with Gasteiger partial charge in [-0.25, -0.2) is 0 Å². The van der Waals surface area contributed by atoms with Crippen molar-refractivity contribution in [2.24, 2.45) is 11.5 Å². The van der Waals surface area contributed by atoms with E-state index in [0.717, 1.165) is 12.0 Å². The average molecular weight is 263 g/mol. The number of carbonyl (C=O) groups excluding carboxylic acids is 1. The lowest BCUT2D eigenvalue weighted by molar-refractivity contribution is -0.146. The molecule has 1 fully saturated rings. The van der Waals surface area contributed by atoms with E-state index in [0.29, 0.717) is 19.7 Å². The summed E-state index contributed by atoms with van der Waals surface area (Å²) >= 11 is 0. The van der Waals surface area contributed by atoms with E-state index in [-0.39, 0.29) is 24.6 Å². The minimum atomic E-state index is -0.231. The number of hydrogen-bond donors (Lipinski definition) is 2. The van der Waals surface area contributed by atoms with Crippen molar-refractivity contribution in [2.45, 2.75) is 25.1 Å². The van der Waals surface area contributed by atoms with Crippen molar-refractivity contribution >= 4 is 5.97 Å². The van der Waals surface area contributed by atoms with E-state index in [4.69, 9.17) is 16.2 Å². The van der Waals surface area contributed by atoms with Crippen LogP contribution in [0.4, 0.5) is 0 Å². The predicted octanol–water partition coefficient (Wildman–Crippen LogP) is 0.0901. The highest BCUT2D eigenvalue weighted by Crippen LogP contribution is 2.08. The lowest BCUT2D eigenvalue weighted by atomic mass is 10.0. The third kappa shape index (κ3) is 4.63. The van der Waals surface area contributed by atoms with Crippen LogP contribution in [-0.4, -0.2) is 42.6 Å². The number of ether oxygens (including phenoxy) is 1. The second-order valence-corrected chi connectivity index (χ2v) is 5.10. The molecule has 0 radical (unpaired) electrons. The van der Waals surface area contributed by atoms with Gasteiger partial charge >= 0.3 is 5.97 Å². The second kappa shape index (κ2) is 6.65. The number of nitrogens with two attached hydrogens (primary N) is 2. The molecule has 0 aliphatic carbocycles. The molecule has 2 unspecified atom stereocenters. The molecule has 1 heterocycles. The Morgan fingerprint density at radius 3 is 2.47 bits per heavy atom. The predicted molar refractivity (Wildman–Crippen MR) is 73.2 cm³/mol. The molecule has 5 nitrogen and oxygen atoms in total. The third-order valence-corrected chi connectivity index (χ3v) is 3.19. The second-order valence-electron chi connectivity index (χ2n) is 5.10. The summed E-state index contributed by atoms with van der Waals surface area (Å²) in [6, 6.07) is 9.73. The Kier molecular flexibility index (Phi) is 4.90. The van der Waals surface area contributed by atoms with Gasteiger partial charge in [-0.2, -0.15) is 0 Å². The molecule has 5 heteroatoms. The van der Waals surface area contributed by atoms with Gasteiger partial charge in [0, 0.05) is 25.2 Å². The van der Waals surface area contributed by atoms with Gasteiger partial charge in [0.25, 0.3) is 0 Å². The molecule has 4 N–H and O–H groups in total. The Bertz CT molecular complexity index is 400. The lowest BCUT2D eigenvalue weighted by Gasteiger charge is -2.33. The van der Waals surface area contributed by atoms with Crippen molar-refractivity contribution in [2.75, 3.05) is 19.6 Å². The van der Waals surface area contributed by atoms with Gasteiger partial charge in [0.15, 0.2) is 0 Å². The molecule has 2 atom stereocenters. The van der Waals surface area contributed by atoms with Crippen molar-refractivity contribution in [3.05, 3.63) is 35.9 Å². The Morgan fingerprint density at radius 2 is 1.84 bits per heavy atom. The first kappa shape index (κ1) is 14.0. The highest BCUT2D eigenvalue weighted by atomic mass is 16.5. The van der Waals surface area contributed by atoms with Gasteiger partial charge in [0.2, 0.25) is 0 Å². The molecule has 104 valence electrons. The summed E-state index contributed by atoms with van der Waals surface area (Å²) in [5.74, 6) is -0.231. The number of benzene rings is 1. The van der Waals surface area contributed by atoms with E-state index in [1.165, 1.54) is 0 Å². The molecule has 19 heavy (non-hydrogen) atoms. The number of hydrogen-bond acceptors (Lipinski definition) is 5. The van der Waals surface area contributed by atoms with E-state index >= 15 is 0 Å². The van der Waals surface area contributed by atoms with Gasteiger partial charge in [0.05, 0.1) is 6.54 Å². The molecule has 0 saturated carbocycles. The van der Waals surface area contributed by atoms with Crippen LogP contribution in [0, 0.1) is 0 Å². The minimum Gasteiger partial charge on any atom is -0.460 e. The first-order valence-corrected chi connectivity index (χ1v) is 6.56. The number of piperidine rings is 1. The summed E-state index contributed by atoms with van der Waals surface area (Å²) in [6.45, 7) is 1.97. The number of carbonyl (C=O) groups is 1. The van der Waals surface area contributed by atoms with E-state index in [9.17, 15) is 4.79 Å². The molecule has 1 aliphatic rings. The Labute approximate surface area is 113 Å². The molecule has 0 spiro atoms. The molecule has 0 aromatic heterocycles. The fraction of sp³-hybridized carbons (Fsp3) is 0.500. The SMILES string of the molecule is NC1CC(N)CN(CC(=O)OCc2ccccc2)C1. The molecule has 1 saturated heterocycles. The van der Waals surface area contributed by atoms with Crippen LogP contribution in [-0.2, 0) is 16.1 Å². The highest BCUT2D eigenvalue weighted by molar-refractivity contribution is 5.71. The van der Waals surface area contributed by atoms with E-state index in [1.54, 1.807) is 0 Å². The van der Waals surface area contributed by atoms with Gasteiger partial charge < -0.3 is 16.2 Å². The molecule has 1 aromatic rings. The van der Waals surface area contributed by atoms with Crippen LogP contribution in [0.1, 0.15) is 12.0 Å². The van der Waals surface area contributed by atoms with Crippen LogP contribution >= 0.6 is 0 Å². The van der Waals surface area contributed by atoms with E-state index in [2.05, 4.69) is 0 Å². The largest absolute Gasteiger partial charge is 0.460 e. The molecule has 0 amide bonds. The Morgan fingerprint density at radius 1 is 1.21 bits per heavy atom. The van der Waals surface area contributed by atoms with Crippen molar-refractivity contribution < 1.29 is 9.53 Å². The van der Waals surface area contributed by atoms with Crippen LogP contribution < -0.4 is 11.5 Å². The quantitative estimate of drug-likeness (QED) is 0.752. The first-order valence-electron chi connectivity index (χ1n) is 6.56. The Hall–Kier alpha value is -1.43. The molecule has 0 bridgehead atoms. The standard InChI is InChI=1S/C14H21N3O2/c15-12-6-13(16)8-17(7-12)9-14(18)19-10-11-4-2-1-3-5-11/h1-5,12-13H,6-10,15-16H2. The summed E-state index contributed by atoms with van der Waals surface area (Å²) in [6.07, 6.45) is 0.815. The van der Waals surface area contributed by atoms with Gasteiger partial charge in [-0.1, -0.05) is 30.3 Å². The average Bonchev–Trinajstić information content (AvgIpc) is 2.36.